The van der Waals surface area contributed by atoms with Crippen LogP contribution in [-0.2, 0) is 0 Å². The summed E-state index contributed by atoms with van der Waals surface area (Å²) in [5.41, 5.74) is -0.449. The summed E-state index contributed by atoms with van der Waals surface area (Å²) in [5, 5.41) is 9.97. The van der Waals surface area contributed by atoms with Crippen LogP contribution in [0, 0.1) is 23.3 Å². The minimum Gasteiger partial charge on any atom is -0.384 e. The van der Waals surface area contributed by atoms with Gasteiger partial charge in [-0.3, -0.25) is 0 Å². The Labute approximate surface area is 114 Å². The molecule has 0 amide bonds. The SMILES string of the molecule is OC(c1cc(F)ccc1Br)c1ccc(F)c(F)c1F. The topological polar surface area (TPSA) is 20.2 Å². The Morgan fingerprint density at radius 3 is 2.26 bits per heavy atom. The average Bonchev–Trinajstić information content (AvgIpc) is 2.38. The van der Waals surface area contributed by atoms with Crippen molar-refractivity contribution in [2.45, 2.75) is 6.10 Å². The van der Waals surface area contributed by atoms with Gasteiger partial charge in [-0.15, -0.1) is 0 Å². The Balaban J connectivity index is 2.53. The molecule has 1 N–H and O–H groups in total. The van der Waals surface area contributed by atoms with Gasteiger partial charge in [0, 0.05) is 15.6 Å². The van der Waals surface area contributed by atoms with Crippen molar-refractivity contribution >= 4 is 15.9 Å². The Morgan fingerprint density at radius 1 is 0.895 bits per heavy atom. The fraction of sp³-hybridized carbons (Fsp3) is 0.0769. The van der Waals surface area contributed by atoms with Crippen molar-refractivity contribution in [2.24, 2.45) is 0 Å². The Bertz CT molecular complexity index is 630. The van der Waals surface area contributed by atoms with E-state index in [1.807, 2.05) is 0 Å². The van der Waals surface area contributed by atoms with Crippen molar-refractivity contribution in [3.05, 3.63) is 69.2 Å². The summed E-state index contributed by atoms with van der Waals surface area (Å²) < 4.78 is 52.9. The third kappa shape index (κ3) is 2.64. The quantitative estimate of drug-likeness (QED) is 0.648. The number of aliphatic hydroxyl groups is 1. The van der Waals surface area contributed by atoms with E-state index in [1.165, 1.54) is 6.07 Å². The van der Waals surface area contributed by atoms with Crippen LogP contribution in [0.4, 0.5) is 17.6 Å². The van der Waals surface area contributed by atoms with Crippen LogP contribution in [0.2, 0.25) is 0 Å². The molecule has 6 heteroatoms. The van der Waals surface area contributed by atoms with E-state index in [0.29, 0.717) is 10.5 Å². The molecule has 0 spiro atoms. The van der Waals surface area contributed by atoms with Gasteiger partial charge in [0.1, 0.15) is 11.9 Å². The molecule has 1 unspecified atom stereocenters. The van der Waals surface area contributed by atoms with E-state index in [1.54, 1.807) is 0 Å². The number of benzene rings is 2. The molecule has 0 fully saturated rings. The van der Waals surface area contributed by atoms with E-state index in [9.17, 15) is 22.7 Å². The maximum Gasteiger partial charge on any atom is 0.194 e. The van der Waals surface area contributed by atoms with Crippen LogP contribution in [0.5, 0.6) is 0 Å². The average molecular weight is 335 g/mol. The maximum absolute atomic E-state index is 13.5. The normalized spacial score (nSPS) is 12.5. The van der Waals surface area contributed by atoms with E-state index in [4.69, 9.17) is 0 Å². The second-order valence-electron chi connectivity index (χ2n) is 3.83. The lowest BCUT2D eigenvalue weighted by Crippen LogP contribution is -2.06. The predicted octanol–water partition coefficient (Wildman–Crippen LogP) is 4.09. The predicted molar refractivity (Wildman–Crippen MR) is 64.5 cm³/mol. The van der Waals surface area contributed by atoms with Gasteiger partial charge in [0.2, 0.25) is 0 Å². The number of aliphatic hydroxyl groups excluding tert-OH is 1. The summed E-state index contributed by atoms with van der Waals surface area (Å²) in [6.45, 7) is 0. The first-order valence-corrected chi connectivity index (χ1v) is 5.97. The third-order valence-corrected chi connectivity index (χ3v) is 3.33. The van der Waals surface area contributed by atoms with Crippen molar-refractivity contribution in [3.8, 4) is 0 Å². The van der Waals surface area contributed by atoms with Crippen molar-refractivity contribution in [3.63, 3.8) is 0 Å². The lowest BCUT2D eigenvalue weighted by Gasteiger charge is -2.14. The van der Waals surface area contributed by atoms with Gasteiger partial charge in [-0.05, 0) is 24.3 Å². The number of hydrogen-bond donors (Lipinski definition) is 1. The molecule has 19 heavy (non-hydrogen) atoms. The maximum atomic E-state index is 13.5. The van der Waals surface area contributed by atoms with Crippen molar-refractivity contribution in [1.29, 1.82) is 0 Å². The molecule has 0 aromatic heterocycles. The third-order valence-electron chi connectivity index (χ3n) is 2.61. The van der Waals surface area contributed by atoms with E-state index < -0.39 is 34.9 Å². The highest BCUT2D eigenvalue weighted by atomic mass is 79.9. The van der Waals surface area contributed by atoms with Gasteiger partial charge >= 0.3 is 0 Å². The first-order chi connectivity index (χ1) is 8.91. The zero-order chi connectivity index (χ0) is 14.2. The lowest BCUT2D eigenvalue weighted by atomic mass is 10.0. The van der Waals surface area contributed by atoms with Gasteiger partial charge in [-0.2, -0.15) is 0 Å². The molecule has 2 aromatic carbocycles. The molecule has 2 rings (SSSR count). The highest BCUT2D eigenvalue weighted by Crippen LogP contribution is 2.31. The van der Waals surface area contributed by atoms with Crippen LogP contribution >= 0.6 is 15.9 Å². The minimum atomic E-state index is -1.68. The molecule has 100 valence electrons. The molecule has 0 bridgehead atoms. The summed E-state index contributed by atoms with van der Waals surface area (Å²) in [6.07, 6.45) is -1.61. The minimum absolute atomic E-state index is 0.0184. The molecule has 0 saturated carbocycles. The van der Waals surface area contributed by atoms with Crippen LogP contribution in [0.15, 0.2) is 34.8 Å². The monoisotopic (exact) mass is 334 g/mol. The molecule has 2 aromatic rings. The zero-order valence-electron chi connectivity index (χ0n) is 9.30. The number of hydrogen-bond acceptors (Lipinski definition) is 1. The van der Waals surface area contributed by atoms with E-state index in [-0.39, 0.29) is 5.56 Å². The van der Waals surface area contributed by atoms with Gasteiger partial charge in [0.15, 0.2) is 17.5 Å². The largest absolute Gasteiger partial charge is 0.384 e. The highest BCUT2D eigenvalue weighted by molar-refractivity contribution is 9.10. The lowest BCUT2D eigenvalue weighted by molar-refractivity contribution is 0.211. The Kier molecular flexibility index (Phi) is 3.91. The standard InChI is InChI=1S/C13H7BrF4O/c14-9-3-1-6(15)5-8(9)13(19)7-2-4-10(16)12(18)11(7)17/h1-5,13,19H. The molecular formula is C13H7BrF4O. The molecule has 0 aliphatic rings. The summed E-state index contributed by atoms with van der Waals surface area (Å²) in [7, 11) is 0. The summed E-state index contributed by atoms with van der Waals surface area (Å²) in [6, 6.07) is 5.06. The molecular weight excluding hydrogens is 328 g/mol. The molecule has 0 aliphatic heterocycles. The molecule has 0 aliphatic carbocycles. The summed E-state index contributed by atoms with van der Waals surface area (Å²) >= 11 is 3.07. The summed E-state index contributed by atoms with van der Waals surface area (Å²) in [4.78, 5) is 0. The van der Waals surface area contributed by atoms with E-state index >= 15 is 0 Å². The second-order valence-corrected chi connectivity index (χ2v) is 4.69. The Hall–Kier alpha value is -1.40. The first kappa shape index (κ1) is 14.0. The molecule has 1 atom stereocenters. The van der Waals surface area contributed by atoms with Crippen LogP contribution in [-0.4, -0.2) is 5.11 Å². The van der Waals surface area contributed by atoms with Crippen LogP contribution in [0.1, 0.15) is 17.2 Å². The molecule has 0 radical (unpaired) electrons. The smallest absolute Gasteiger partial charge is 0.194 e. The van der Waals surface area contributed by atoms with Crippen LogP contribution in [0.25, 0.3) is 0 Å². The fourth-order valence-corrected chi connectivity index (χ4v) is 2.11. The fourth-order valence-electron chi connectivity index (χ4n) is 1.64. The van der Waals surface area contributed by atoms with Gasteiger partial charge in [-0.25, -0.2) is 17.6 Å². The zero-order valence-corrected chi connectivity index (χ0v) is 10.9. The van der Waals surface area contributed by atoms with Gasteiger partial charge < -0.3 is 5.11 Å². The van der Waals surface area contributed by atoms with Gasteiger partial charge in [0.05, 0.1) is 0 Å². The van der Waals surface area contributed by atoms with Crippen molar-refractivity contribution in [2.75, 3.05) is 0 Å². The van der Waals surface area contributed by atoms with E-state index in [0.717, 1.165) is 18.2 Å². The van der Waals surface area contributed by atoms with E-state index in [2.05, 4.69) is 15.9 Å². The number of rotatable bonds is 2. The van der Waals surface area contributed by atoms with Crippen molar-refractivity contribution < 1.29 is 22.7 Å². The molecule has 0 saturated heterocycles. The Morgan fingerprint density at radius 2 is 1.58 bits per heavy atom. The van der Waals surface area contributed by atoms with Gasteiger partial charge in [-0.1, -0.05) is 22.0 Å². The summed E-state index contributed by atoms with van der Waals surface area (Å²) in [5.74, 6) is -5.17. The molecule has 1 nitrogen and oxygen atoms in total. The van der Waals surface area contributed by atoms with Gasteiger partial charge in [0.25, 0.3) is 0 Å². The van der Waals surface area contributed by atoms with Crippen LogP contribution < -0.4 is 0 Å². The van der Waals surface area contributed by atoms with Crippen LogP contribution in [0.3, 0.4) is 0 Å². The first-order valence-electron chi connectivity index (χ1n) is 5.18. The highest BCUT2D eigenvalue weighted by Gasteiger charge is 2.22. The van der Waals surface area contributed by atoms with Crippen molar-refractivity contribution in [1.82, 2.24) is 0 Å². The second kappa shape index (κ2) is 5.30. The number of halogens is 5. The molecule has 0 heterocycles.